The fourth-order valence-electron chi connectivity index (χ4n) is 3.01. The van der Waals surface area contributed by atoms with E-state index in [1.165, 1.54) is 18.2 Å². The molecule has 2 heterocycles. The number of nitrogens with one attached hydrogen (secondary N) is 1. The molecule has 0 fully saturated rings. The maximum Gasteiger partial charge on any atom is 0.142 e. The molecule has 4 aromatic rings. The van der Waals surface area contributed by atoms with Gasteiger partial charge in [0.05, 0.1) is 28.4 Å². The summed E-state index contributed by atoms with van der Waals surface area (Å²) in [5.74, 6) is -1.28. The minimum absolute atomic E-state index is 0.137. The van der Waals surface area contributed by atoms with Gasteiger partial charge in [-0.25, -0.2) is 13.8 Å². The zero-order valence-electron chi connectivity index (χ0n) is 16.4. The summed E-state index contributed by atoms with van der Waals surface area (Å²) in [4.78, 5) is 10.2. The number of thiazole rings is 1. The standard InChI is InChI=1S/C23H18F2N4S/c1-14(21-18(24)6-5-7-19(21)25)28-29-17-11-9-16(10-12-17)22-15(2)30-23(27-22)20-8-3-4-13-26-20/h3-13,29H,1-2H3/b28-14+. The van der Waals surface area contributed by atoms with Crippen LogP contribution in [0.15, 0.2) is 72.0 Å². The Morgan fingerprint density at radius 2 is 1.70 bits per heavy atom. The van der Waals surface area contributed by atoms with Crippen LogP contribution < -0.4 is 5.43 Å². The molecule has 30 heavy (non-hydrogen) atoms. The van der Waals surface area contributed by atoms with E-state index in [1.807, 2.05) is 49.4 Å². The van der Waals surface area contributed by atoms with E-state index < -0.39 is 11.6 Å². The monoisotopic (exact) mass is 420 g/mol. The van der Waals surface area contributed by atoms with Gasteiger partial charge in [-0.3, -0.25) is 10.4 Å². The van der Waals surface area contributed by atoms with Crippen molar-refractivity contribution < 1.29 is 8.78 Å². The van der Waals surface area contributed by atoms with Gasteiger partial charge >= 0.3 is 0 Å². The van der Waals surface area contributed by atoms with Gasteiger partial charge in [-0.05, 0) is 50.2 Å². The summed E-state index contributed by atoms with van der Waals surface area (Å²) in [5.41, 5.74) is 6.36. The van der Waals surface area contributed by atoms with Crippen LogP contribution in [-0.4, -0.2) is 15.7 Å². The molecule has 0 aliphatic heterocycles. The summed E-state index contributed by atoms with van der Waals surface area (Å²) in [5, 5.41) is 4.99. The Morgan fingerprint density at radius 3 is 2.37 bits per heavy atom. The molecule has 2 aromatic heterocycles. The number of rotatable bonds is 5. The van der Waals surface area contributed by atoms with Crippen molar-refractivity contribution >= 4 is 22.7 Å². The second-order valence-electron chi connectivity index (χ2n) is 6.62. The van der Waals surface area contributed by atoms with Crippen LogP contribution in [-0.2, 0) is 0 Å². The lowest BCUT2D eigenvalue weighted by Crippen LogP contribution is -2.05. The number of anilines is 1. The predicted octanol–water partition coefficient (Wildman–Crippen LogP) is 6.29. The van der Waals surface area contributed by atoms with Crippen molar-refractivity contribution in [3.8, 4) is 22.0 Å². The van der Waals surface area contributed by atoms with Crippen molar-refractivity contribution in [3.63, 3.8) is 0 Å². The molecule has 0 radical (unpaired) electrons. The van der Waals surface area contributed by atoms with Crippen LogP contribution in [0.2, 0.25) is 0 Å². The summed E-state index contributed by atoms with van der Waals surface area (Å²) in [7, 11) is 0. The predicted molar refractivity (Wildman–Crippen MR) is 118 cm³/mol. The number of hydrogen-bond donors (Lipinski definition) is 1. The Labute approximate surface area is 177 Å². The number of halogens is 2. The fourth-order valence-corrected chi connectivity index (χ4v) is 3.93. The summed E-state index contributed by atoms with van der Waals surface area (Å²) in [6, 6.07) is 17.1. The van der Waals surface area contributed by atoms with Crippen molar-refractivity contribution in [2.24, 2.45) is 5.10 Å². The van der Waals surface area contributed by atoms with Gasteiger partial charge in [0, 0.05) is 16.6 Å². The molecule has 4 nitrogen and oxygen atoms in total. The number of pyridine rings is 1. The molecule has 7 heteroatoms. The minimum atomic E-state index is -0.642. The van der Waals surface area contributed by atoms with Crippen molar-refractivity contribution in [2.45, 2.75) is 13.8 Å². The first-order valence-corrected chi connectivity index (χ1v) is 10.1. The van der Waals surface area contributed by atoms with E-state index in [0.29, 0.717) is 5.69 Å². The molecule has 0 aliphatic rings. The van der Waals surface area contributed by atoms with E-state index in [0.717, 1.165) is 26.8 Å². The van der Waals surface area contributed by atoms with E-state index in [2.05, 4.69) is 15.5 Å². The molecule has 2 aromatic carbocycles. The van der Waals surface area contributed by atoms with Crippen LogP contribution in [0.5, 0.6) is 0 Å². The molecule has 0 aliphatic carbocycles. The molecular formula is C23H18F2N4S. The van der Waals surface area contributed by atoms with E-state index in [-0.39, 0.29) is 11.3 Å². The van der Waals surface area contributed by atoms with Gasteiger partial charge in [-0.15, -0.1) is 11.3 Å². The van der Waals surface area contributed by atoms with E-state index in [9.17, 15) is 8.78 Å². The van der Waals surface area contributed by atoms with Crippen LogP contribution in [0, 0.1) is 18.6 Å². The Morgan fingerprint density at radius 1 is 0.967 bits per heavy atom. The van der Waals surface area contributed by atoms with Gasteiger partial charge in [-0.1, -0.05) is 24.3 Å². The lowest BCUT2D eigenvalue weighted by molar-refractivity contribution is 0.579. The molecule has 0 unspecified atom stereocenters. The zero-order chi connectivity index (χ0) is 21.1. The van der Waals surface area contributed by atoms with Crippen LogP contribution in [0.1, 0.15) is 17.4 Å². The lowest BCUT2D eigenvalue weighted by Gasteiger charge is -2.06. The van der Waals surface area contributed by atoms with Gasteiger partial charge < -0.3 is 0 Å². The third-order valence-corrected chi connectivity index (χ3v) is 5.51. The normalized spacial score (nSPS) is 11.5. The van der Waals surface area contributed by atoms with Crippen LogP contribution in [0.3, 0.4) is 0 Å². The third kappa shape index (κ3) is 4.11. The van der Waals surface area contributed by atoms with Gasteiger partial charge in [0.2, 0.25) is 0 Å². The first-order chi connectivity index (χ1) is 14.5. The Kier molecular flexibility index (Phi) is 5.63. The lowest BCUT2D eigenvalue weighted by atomic mass is 10.1. The fraction of sp³-hybridized carbons (Fsp3) is 0.0870. The number of hydrogen-bond acceptors (Lipinski definition) is 5. The van der Waals surface area contributed by atoms with Crippen LogP contribution in [0.25, 0.3) is 22.0 Å². The van der Waals surface area contributed by atoms with Gasteiger partial charge in [-0.2, -0.15) is 5.10 Å². The summed E-state index contributed by atoms with van der Waals surface area (Å²) >= 11 is 1.60. The largest absolute Gasteiger partial charge is 0.278 e. The molecule has 0 saturated carbocycles. The first-order valence-electron chi connectivity index (χ1n) is 9.27. The average molecular weight is 420 g/mol. The van der Waals surface area contributed by atoms with E-state index in [1.54, 1.807) is 24.5 Å². The van der Waals surface area contributed by atoms with Gasteiger partial charge in [0.25, 0.3) is 0 Å². The van der Waals surface area contributed by atoms with E-state index >= 15 is 0 Å². The maximum absolute atomic E-state index is 13.9. The quantitative estimate of drug-likeness (QED) is 0.305. The second kappa shape index (κ2) is 8.51. The number of hydrazone groups is 1. The molecule has 150 valence electrons. The number of aryl methyl sites for hydroxylation is 1. The van der Waals surface area contributed by atoms with Crippen LogP contribution in [0.4, 0.5) is 14.5 Å². The smallest absolute Gasteiger partial charge is 0.142 e. The van der Waals surface area contributed by atoms with Crippen molar-refractivity contribution in [3.05, 3.63) is 88.9 Å². The van der Waals surface area contributed by atoms with Gasteiger partial charge in [0.1, 0.15) is 16.6 Å². The highest BCUT2D eigenvalue weighted by Crippen LogP contribution is 2.32. The molecule has 0 amide bonds. The molecule has 0 bridgehead atoms. The highest BCUT2D eigenvalue weighted by atomic mass is 32.1. The Balaban J connectivity index is 1.53. The number of nitrogens with zero attached hydrogens (tertiary/aromatic N) is 3. The summed E-state index contributed by atoms with van der Waals surface area (Å²) in [6.07, 6.45) is 1.75. The third-order valence-electron chi connectivity index (χ3n) is 4.52. The molecule has 0 saturated heterocycles. The topological polar surface area (TPSA) is 50.2 Å². The highest BCUT2D eigenvalue weighted by molar-refractivity contribution is 7.15. The molecule has 1 N–H and O–H groups in total. The van der Waals surface area contributed by atoms with Crippen molar-refractivity contribution in [2.75, 3.05) is 5.43 Å². The molecule has 0 spiro atoms. The minimum Gasteiger partial charge on any atom is -0.278 e. The molecular weight excluding hydrogens is 402 g/mol. The Bertz CT molecular complexity index is 1180. The maximum atomic E-state index is 13.9. The first kappa shape index (κ1) is 19.8. The van der Waals surface area contributed by atoms with E-state index in [4.69, 9.17) is 4.98 Å². The summed E-state index contributed by atoms with van der Waals surface area (Å²) < 4.78 is 27.7. The summed E-state index contributed by atoms with van der Waals surface area (Å²) in [6.45, 7) is 3.59. The number of benzene rings is 2. The van der Waals surface area contributed by atoms with Crippen LogP contribution >= 0.6 is 11.3 Å². The average Bonchev–Trinajstić information content (AvgIpc) is 3.15. The van der Waals surface area contributed by atoms with Gasteiger partial charge in [0.15, 0.2) is 0 Å². The number of aromatic nitrogens is 2. The van der Waals surface area contributed by atoms with Crippen molar-refractivity contribution in [1.29, 1.82) is 0 Å². The van der Waals surface area contributed by atoms with Crippen molar-refractivity contribution in [1.82, 2.24) is 9.97 Å². The SMILES string of the molecule is C/C(=N\Nc1ccc(-c2nc(-c3ccccn3)sc2C)cc1)c1c(F)cccc1F. The molecule has 4 rings (SSSR count). The Hall–Kier alpha value is -3.45. The zero-order valence-corrected chi connectivity index (χ0v) is 17.2. The second-order valence-corrected chi connectivity index (χ2v) is 7.83. The highest BCUT2D eigenvalue weighted by Gasteiger charge is 2.13. The molecule has 0 atom stereocenters.